The van der Waals surface area contributed by atoms with E-state index in [9.17, 15) is 9.65 Å². The van der Waals surface area contributed by atoms with Crippen LogP contribution in [0.4, 0.5) is 4.39 Å². The van der Waals surface area contributed by atoms with Crippen LogP contribution in [-0.2, 0) is 5.41 Å². The molecule has 2 aromatic carbocycles. The maximum absolute atomic E-state index is 13.2. The molecule has 1 atom stereocenters. The first-order chi connectivity index (χ1) is 9.50. The van der Waals surface area contributed by atoms with Crippen molar-refractivity contribution in [3.05, 3.63) is 71.0 Å². The SMILES string of the molecule is Cc1cccc([C@](C#N)(c2ccc(F)cc2)C(C)C)c1. The number of rotatable bonds is 3. The van der Waals surface area contributed by atoms with Crippen LogP contribution in [0.2, 0.25) is 0 Å². The molecule has 0 aliphatic heterocycles. The van der Waals surface area contributed by atoms with Crippen molar-refractivity contribution in [2.24, 2.45) is 5.92 Å². The van der Waals surface area contributed by atoms with Crippen molar-refractivity contribution in [3.63, 3.8) is 0 Å². The lowest BCUT2D eigenvalue weighted by molar-refractivity contribution is 0.462. The minimum absolute atomic E-state index is 0.0831. The molecule has 0 unspecified atom stereocenters. The van der Waals surface area contributed by atoms with Gasteiger partial charge in [0.1, 0.15) is 11.2 Å². The lowest BCUT2D eigenvalue weighted by Gasteiger charge is -2.32. The fourth-order valence-corrected chi connectivity index (χ4v) is 2.69. The van der Waals surface area contributed by atoms with E-state index in [1.54, 1.807) is 12.1 Å². The Morgan fingerprint density at radius 1 is 1.05 bits per heavy atom. The zero-order valence-corrected chi connectivity index (χ0v) is 12.0. The van der Waals surface area contributed by atoms with E-state index in [1.165, 1.54) is 12.1 Å². The van der Waals surface area contributed by atoms with Crippen LogP contribution in [0.5, 0.6) is 0 Å². The number of nitriles is 1. The summed E-state index contributed by atoms with van der Waals surface area (Å²) in [7, 11) is 0. The summed E-state index contributed by atoms with van der Waals surface area (Å²) in [6, 6.07) is 16.7. The van der Waals surface area contributed by atoms with Crippen LogP contribution in [0.1, 0.15) is 30.5 Å². The van der Waals surface area contributed by atoms with Crippen LogP contribution in [0.15, 0.2) is 48.5 Å². The molecule has 2 rings (SSSR count). The molecule has 0 radical (unpaired) electrons. The quantitative estimate of drug-likeness (QED) is 0.797. The highest BCUT2D eigenvalue weighted by Crippen LogP contribution is 2.39. The predicted molar refractivity (Wildman–Crippen MR) is 78.8 cm³/mol. The molecule has 0 saturated heterocycles. The van der Waals surface area contributed by atoms with Crippen molar-refractivity contribution in [1.29, 1.82) is 5.26 Å². The third-order valence-electron chi connectivity index (χ3n) is 3.82. The van der Waals surface area contributed by atoms with Crippen molar-refractivity contribution < 1.29 is 4.39 Å². The Morgan fingerprint density at radius 2 is 1.70 bits per heavy atom. The molecular formula is C18H18FN. The second-order valence-electron chi connectivity index (χ2n) is 5.45. The minimum Gasteiger partial charge on any atom is -0.207 e. The third-order valence-corrected chi connectivity index (χ3v) is 3.82. The standard InChI is InChI=1S/C18H18FN/c1-13(2)18(12-20,15-7-9-17(19)10-8-15)16-6-4-5-14(3)11-16/h4-11,13H,1-3H3/t18-/m0/s1. The molecule has 0 fully saturated rings. The summed E-state index contributed by atoms with van der Waals surface area (Å²) in [5, 5.41) is 9.87. The average Bonchev–Trinajstić information content (AvgIpc) is 2.42. The molecule has 0 heterocycles. The summed E-state index contributed by atoms with van der Waals surface area (Å²) in [4.78, 5) is 0. The van der Waals surface area contributed by atoms with Crippen LogP contribution in [-0.4, -0.2) is 0 Å². The van der Waals surface area contributed by atoms with Gasteiger partial charge in [-0.3, -0.25) is 0 Å². The van der Waals surface area contributed by atoms with Gasteiger partial charge < -0.3 is 0 Å². The average molecular weight is 267 g/mol. The lowest BCUT2D eigenvalue weighted by Crippen LogP contribution is -2.32. The molecule has 1 nitrogen and oxygen atoms in total. The molecule has 0 bridgehead atoms. The van der Waals surface area contributed by atoms with Gasteiger partial charge in [-0.25, -0.2) is 4.39 Å². The summed E-state index contributed by atoms with van der Waals surface area (Å²) >= 11 is 0. The van der Waals surface area contributed by atoms with Crippen LogP contribution < -0.4 is 0 Å². The van der Waals surface area contributed by atoms with E-state index in [4.69, 9.17) is 0 Å². The van der Waals surface area contributed by atoms with Gasteiger partial charge in [0.05, 0.1) is 6.07 Å². The topological polar surface area (TPSA) is 23.8 Å². The van der Waals surface area contributed by atoms with Gasteiger partial charge in [0.25, 0.3) is 0 Å². The maximum Gasteiger partial charge on any atom is 0.123 e. The van der Waals surface area contributed by atoms with Crippen LogP contribution in [0.25, 0.3) is 0 Å². The highest BCUT2D eigenvalue weighted by atomic mass is 19.1. The van der Waals surface area contributed by atoms with Gasteiger partial charge in [-0.05, 0) is 36.1 Å². The molecule has 0 aliphatic carbocycles. The fourth-order valence-electron chi connectivity index (χ4n) is 2.69. The van der Waals surface area contributed by atoms with Crippen molar-refractivity contribution in [1.82, 2.24) is 0 Å². The Bertz CT molecular complexity index is 637. The molecule has 0 N–H and O–H groups in total. The normalized spacial score (nSPS) is 13.8. The number of nitrogens with zero attached hydrogens (tertiary/aromatic N) is 1. The van der Waals surface area contributed by atoms with Crippen molar-refractivity contribution in [2.75, 3.05) is 0 Å². The highest BCUT2D eigenvalue weighted by molar-refractivity contribution is 5.47. The fraction of sp³-hybridized carbons (Fsp3) is 0.278. The Morgan fingerprint density at radius 3 is 2.20 bits per heavy atom. The summed E-state index contributed by atoms with van der Waals surface area (Å²) in [6.45, 7) is 6.06. The van der Waals surface area contributed by atoms with E-state index in [-0.39, 0.29) is 11.7 Å². The van der Waals surface area contributed by atoms with Gasteiger partial charge in [0, 0.05) is 0 Å². The van der Waals surface area contributed by atoms with E-state index in [0.717, 1.165) is 16.7 Å². The number of aryl methyl sites for hydroxylation is 1. The molecule has 0 spiro atoms. The third kappa shape index (κ3) is 2.32. The van der Waals surface area contributed by atoms with Gasteiger partial charge in [-0.15, -0.1) is 0 Å². The van der Waals surface area contributed by atoms with Crippen molar-refractivity contribution in [3.8, 4) is 6.07 Å². The second kappa shape index (κ2) is 5.46. The molecular weight excluding hydrogens is 249 g/mol. The molecule has 20 heavy (non-hydrogen) atoms. The van der Waals surface area contributed by atoms with Crippen LogP contribution in [0.3, 0.4) is 0 Å². The van der Waals surface area contributed by atoms with E-state index in [1.807, 2.05) is 45.0 Å². The van der Waals surface area contributed by atoms with E-state index < -0.39 is 5.41 Å². The first kappa shape index (κ1) is 14.3. The Hall–Kier alpha value is -2.14. The monoisotopic (exact) mass is 267 g/mol. The predicted octanol–water partition coefficient (Wildman–Crippen LogP) is 4.60. The van der Waals surface area contributed by atoms with Gasteiger partial charge in [-0.2, -0.15) is 5.26 Å². The number of hydrogen-bond acceptors (Lipinski definition) is 1. The van der Waals surface area contributed by atoms with Gasteiger partial charge >= 0.3 is 0 Å². The van der Waals surface area contributed by atoms with Crippen LogP contribution >= 0.6 is 0 Å². The van der Waals surface area contributed by atoms with Gasteiger partial charge in [0.15, 0.2) is 0 Å². The number of halogens is 1. The zero-order valence-electron chi connectivity index (χ0n) is 12.0. The van der Waals surface area contributed by atoms with E-state index >= 15 is 0 Å². The Labute approximate surface area is 119 Å². The van der Waals surface area contributed by atoms with Crippen molar-refractivity contribution >= 4 is 0 Å². The lowest BCUT2D eigenvalue weighted by atomic mass is 9.68. The van der Waals surface area contributed by atoms with Crippen molar-refractivity contribution in [2.45, 2.75) is 26.2 Å². The zero-order chi connectivity index (χ0) is 14.8. The number of hydrogen-bond donors (Lipinski definition) is 0. The van der Waals surface area contributed by atoms with Crippen LogP contribution in [0, 0.1) is 30.0 Å². The first-order valence-electron chi connectivity index (χ1n) is 6.75. The van der Waals surface area contributed by atoms with Gasteiger partial charge in [-0.1, -0.05) is 55.8 Å². The summed E-state index contributed by atoms with van der Waals surface area (Å²) < 4.78 is 13.2. The Balaban J connectivity index is 2.69. The molecule has 0 saturated carbocycles. The van der Waals surface area contributed by atoms with Gasteiger partial charge in [0.2, 0.25) is 0 Å². The first-order valence-corrected chi connectivity index (χ1v) is 6.75. The maximum atomic E-state index is 13.2. The smallest absolute Gasteiger partial charge is 0.123 e. The number of benzene rings is 2. The van der Waals surface area contributed by atoms with E-state index in [0.29, 0.717) is 0 Å². The molecule has 0 aromatic heterocycles. The molecule has 2 heteroatoms. The second-order valence-corrected chi connectivity index (χ2v) is 5.45. The Kier molecular flexibility index (Phi) is 3.90. The summed E-state index contributed by atoms with van der Waals surface area (Å²) in [6.07, 6.45) is 0. The summed E-state index contributed by atoms with van der Waals surface area (Å²) in [5.74, 6) is -0.201. The van der Waals surface area contributed by atoms with E-state index in [2.05, 4.69) is 6.07 Å². The highest BCUT2D eigenvalue weighted by Gasteiger charge is 2.38. The molecule has 0 aliphatic rings. The largest absolute Gasteiger partial charge is 0.207 e. The minimum atomic E-state index is -0.750. The molecule has 2 aromatic rings. The molecule has 102 valence electrons. The molecule has 0 amide bonds. The summed E-state index contributed by atoms with van der Waals surface area (Å²) in [5.41, 5.74) is 2.16.